The molecule has 0 aromatic carbocycles. The number of anilines is 1. The number of nitrogens with zero attached hydrogens (tertiary/aromatic N) is 3. The third-order valence-electron chi connectivity index (χ3n) is 3.49. The first-order valence-corrected chi connectivity index (χ1v) is 7.65. The molecule has 0 bridgehead atoms. The summed E-state index contributed by atoms with van der Waals surface area (Å²) in [6.07, 6.45) is 2.46. The maximum atomic E-state index is 12.2. The Kier molecular flexibility index (Phi) is 5.08. The molecular formula is C16H22N4O4. The van der Waals surface area contributed by atoms with E-state index in [1.807, 2.05) is 0 Å². The summed E-state index contributed by atoms with van der Waals surface area (Å²) in [6, 6.07) is 3.28. The van der Waals surface area contributed by atoms with Crippen molar-refractivity contribution in [2.45, 2.75) is 32.7 Å². The van der Waals surface area contributed by atoms with Gasteiger partial charge < -0.3 is 15.5 Å². The Labute approximate surface area is 139 Å². The lowest BCUT2D eigenvalue weighted by molar-refractivity contribution is 0.0952. The van der Waals surface area contributed by atoms with Crippen LogP contribution >= 0.6 is 0 Å². The molecule has 130 valence electrons. The molecule has 0 aliphatic carbocycles. The number of hydrogen-bond acceptors (Lipinski definition) is 4. The predicted molar refractivity (Wildman–Crippen MR) is 89.5 cm³/mol. The first-order valence-electron chi connectivity index (χ1n) is 7.65. The fourth-order valence-corrected chi connectivity index (χ4v) is 2.44. The highest BCUT2D eigenvalue weighted by Crippen LogP contribution is 2.26. The second kappa shape index (κ2) is 6.88. The van der Waals surface area contributed by atoms with E-state index in [-0.39, 0.29) is 12.5 Å². The predicted octanol–water partition coefficient (Wildman–Crippen LogP) is 1.73. The maximum absolute atomic E-state index is 12.2. The van der Waals surface area contributed by atoms with Gasteiger partial charge >= 0.3 is 6.09 Å². The van der Waals surface area contributed by atoms with Crippen molar-refractivity contribution < 1.29 is 19.8 Å². The zero-order valence-electron chi connectivity index (χ0n) is 14.0. The summed E-state index contributed by atoms with van der Waals surface area (Å²) in [6.45, 7) is 5.74. The lowest BCUT2D eigenvalue weighted by Gasteiger charge is -2.33. The number of carboxylic acid groups (broad SMARTS) is 1. The Morgan fingerprint density at radius 2 is 2.08 bits per heavy atom. The van der Waals surface area contributed by atoms with Crippen LogP contribution in [0, 0.1) is 0 Å². The average Bonchev–Trinajstić information content (AvgIpc) is 2.88. The van der Waals surface area contributed by atoms with Gasteiger partial charge in [-0.05, 0) is 39.3 Å². The van der Waals surface area contributed by atoms with Crippen LogP contribution in [-0.2, 0) is 0 Å². The van der Waals surface area contributed by atoms with Crippen molar-refractivity contribution in [3.8, 4) is 0 Å². The Hall–Kier alpha value is -2.61. The number of nitrogens with one attached hydrogen (secondary N) is 1. The van der Waals surface area contributed by atoms with E-state index in [1.165, 1.54) is 15.6 Å². The van der Waals surface area contributed by atoms with Gasteiger partial charge in [-0.2, -0.15) is 5.10 Å². The fourth-order valence-electron chi connectivity index (χ4n) is 2.44. The smallest absolute Gasteiger partial charge is 0.412 e. The Morgan fingerprint density at radius 3 is 2.67 bits per heavy atom. The summed E-state index contributed by atoms with van der Waals surface area (Å²) in [7, 11) is 0. The number of aliphatic hydroxyl groups is 1. The SMILES string of the molecule is CC(C)(C)N(C(=O)O)c1ccn2ncc(C(=O)NCCCO)c2c1. The Morgan fingerprint density at radius 1 is 1.38 bits per heavy atom. The van der Waals surface area contributed by atoms with Gasteiger partial charge in [-0.15, -0.1) is 0 Å². The Bertz CT molecular complexity index is 748. The summed E-state index contributed by atoms with van der Waals surface area (Å²) >= 11 is 0. The highest BCUT2D eigenvalue weighted by molar-refractivity contribution is 6.01. The highest BCUT2D eigenvalue weighted by atomic mass is 16.4. The molecule has 2 aromatic heterocycles. The molecule has 2 rings (SSSR count). The molecule has 3 N–H and O–H groups in total. The van der Waals surface area contributed by atoms with Gasteiger partial charge in [0.05, 0.1) is 23.0 Å². The quantitative estimate of drug-likeness (QED) is 0.722. The molecule has 2 heterocycles. The van der Waals surface area contributed by atoms with Crippen LogP contribution in [-0.4, -0.2) is 50.5 Å². The van der Waals surface area contributed by atoms with Crippen molar-refractivity contribution in [2.24, 2.45) is 0 Å². The number of amides is 2. The van der Waals surface area contributed by atoms with Crippen LogP contribution in [0.2, 0.25) is 0 Å². The van der Waals surface area contributed by atoms with E-state index in [2.05, 4.69) is 10.4 Å². The van der Waals surface area contributed by atoms with Crippen LogP contribution in [0.1, 0.15) is 37.6 Å². The number of carbonyl (C=O) groups is 2. The molecule has 0 saturated heterocycles. The van der Waals surface area contributed by atoms with Gasteiger partial charge in [-0.3, -0.25) is 9.69 Å². The zero-order chi connectivity index (χ0) is 17.9. The largest absolute Gasteiger partial charge is 0.465 e. The zero-order valence-corrected chi connectivity index (χ0v) is 14.0. The summed E-state index contributed by atoms with van der Waals surface area (Å²) in [5.41, 5.74) is 0.708. The summed E-state index contributed by atoms with van der Waals surface area (Å²) in [5.74, 6) is -0.312. The molecule has 0 atom stereocenters. The third-order valence-corrected chi connectivity index (χ3v) is 3.49. The van der Waals surface area contributed by atoms with Crippen LogP contribution in [0.5, 0.6) is 0 Å². The van der Waals surface area contributed by atoms with E-state index >= 15 is 0 Å². The number of carbonyl (C=O) groups excluding carboxylic acids is 1. The first kappa shape index (κ1) is 17.7. The van der Waals surface area contributed by atoms with Gasteiger partial charge in [0.25, 0.3) is 5.91 Å². The van der Waals surface area contributed by atoms with Crippen LogP contribution in [0.15, 0.2) is 24.5 Å². The van der Waals surface area contributed by atoms with Crippen molar-refractivity contribution in [1.82, 2.24) is 14.9 Å². The lowest BCUT2D eigenvalue weighted by Crippen LogP contribution is -2.45. The molecule has 24 heavy (non-hydrogen) atoms. The molecule has 0 aliphatic heterocycles. The molecular weight excluding hydrogens is 312 g/mol. The molecule has 0 unspecified atom stereocenters. The summed E-state index contributed by atoms with van der Waals surface area (Å²) in [5, 5.41) is 25.1. The van der Waals surface area contributed by atoms with Crippen molar-refractivity contribution in [3.05, 3.63) is 30.1 Å². The third kappa shape index (κ3) is 3.65. The van der Waals surface area contributed by atoms with Gasteiger partial charge in [-0.25, -0.2) is 9.31 Å². The summed E-state index contributed by atoms with van der Waals surface area (Å²) < 4.78 is 1.52. The highest BCUT2D eigenvalue weighted by Gasteiger charge is 2.28. The van der Waals surface area contributed by atoms with Crippen molar-refractivity contribution in [3.63, 3.8) is 0 Å². The van der Waals surface area contributed by atoms with Crippen LogP contribution in [0.4, 0.5) is 10.5 Å². The van der Waals surface area contributed by atoms with Crippen LogP contribution in [0.25, 0.3) is 5.52 Å². The van der Waals surface area contributed by atoms with Gasteiger partial charge in [0.2, 0.25) is 0 Å². The minimum Gasteiger partial charge on any atom is -0.465 e. The fraction of sp³-hybridized carbons (Fsp3) is 0.438. The van der Waals surface area contributed by atoms with Crippen LogP contribution < -0.4 is 10.2 Å². The number of aromatic nitrogens is 2. The van der Waals surface area contributed by atoms with E-state index in [0.717, 1.165) is 0 Å². The normalized spacial score (nSPS) is 11.5. The maximum Gasteiger partial charge on any atom is 0.412 e. The molecule has 0 spiro atoms. The molecule has 0 aliphatic rings. The number of pyridine rings is 1. The molecule has 8 heteroatoms. The van der Waals surface area contributed by atoms with Gasteiger partial charge in [0.15, 0.2) is 0 Å². The average molecular weight is 334 g/mol. The van der Waals surface area contributed by atoms with Gasteiger partial charge in [0.1, 0.15) is 0 Å². The molecule has 8 nitrogen and oxygen atoms in total. The minimum atomic E-state index is -1.07. The summed E-state index contributed by atoms with van der Waals surface area (Å²) in [4.78, 5) is 25.1. The van der Waals surface area contributed by atoms with Crippen LogP contribution in [0.3, 0.4) is 0 Å². The number of aliphatic hydroxyl groups excluding tert-OH is 1. The van der Waals surface area contributed by atoms with Crippen molar-refractivity contribution in [1.29, 1.82) is 0 Å². The lowest BCUT2D eigenvalue weighted by atomic mass is 10.1. The molecule has 0 radical (unpaired) electrons. The molecule has 2 amide bonds. The van der Waals surface area contributed by atoms with E-state index in [4.69, 9.17) is 5.11 Å². The van der Waals surface area contributed by atoms with Crippen molar-refractivity contribution >= 4 is 23.2 Å². The monoisotopic (exact) mass is 334 g/mol. The topological polar surface area (TPSA) is 107 Å². The van der Waals surface area contributed by atoms with Gasteiger partial charge in [-0.1, -0.05) is 0 Å². The number of fused-ring (bicyclic) bond motifs is 1. The van der Waals surface area contributed by atoms with Crippen molar-refractivity contribution in [2.75, 3.05) is 18.1 Å². The molecule has 2 aromatic rings. The standard InChI is InChI=1S/C16H22N4O4/c1-16(2,3)20(15(23)24)11-5-7-19-13(9-11)12(10-18-19)14(22)17-6-4-8-21/h5,7,9-10,21H,4,6,8H2,1-3H3,(H,17,22)(H,23,24). The van der Waals surface area contributed by atoms with E-state index in [0.29, 0.717) is 29.7 Å². The second-order valence-electron chi connectivity index (χ2n) is 6.39. The molecule has 0 saturated carbocycles. The minimum absolute atomic E-state index is 0.00164. The van der Waals surface area contributed by atoms with Gasteiger partial charge in [0, 0.05) is 24.9 Å². The second-order valence-corrected chi connectivity index (χ2v) is 6.39. The number of hydrogen-bond donors (Lipinski definition) is 3. The van der Waals surface area contributed by atoms with E-state index < -0.39 is 11.6 Å². The number of rotatable bonds is 5. The Balaban J connectivity index is 2.41. The first-order chi connectivity index (χ1) is 11.3. The molecule has 0 fully saturated rings. The van der Waals surface area contributed by atoms with E-state index in [9.17, 15) is 14.7 Å². The van der Waals surface area contributed by atoms with E-state index in [1.54, 1.807) is 39.1 Å².